The summed E-state index contributed by atoms with van der Waals surface area (Å²) in [4.78, 5) is 14.5. The van der Waals surface area contributed by atoms with Crippen LogP contribution >= 0.6 is 0 Å². The number of halogens is 2. The molecule has 1 heterocycles. The molecule has 0 aromatic heterocycles. The molecule has 0 unspecified atom stereocenters. The Morgan fingerprint density at radius 3 is 2.37 bits per heavy atom. The SMILES string of the molecule is O=C(Nc1ccc(N2CCc3ccccc3C2)cc1)c1ccc(F)c(F)c1. The quantitative estimate of drug-likeness (QED) is 0.725. The molecule has 3 nitrogen and oxygen atoms in total. The Labute approximate surface area is 156 Å². The molecule has 136 valence electrons. The number of carbonyl (C=O) groups is 1. The normalized spacial score (nSPS) is 13.2. The van der Waals surface area contributed by atoms with E-state index < -0.39 is 17.5 Å². The van der Waals surface area contributed by atoms with Gasteiger partial charge in [0.1, 0.15) is 0 Å². The van der Waals surface area contributed by atoms with E-state index in [-0.39, 0.29) is 5.56 Å². The average Bonchev–Trinajstić information content (AvgIpc) is 2.70. The van der Waals surface area contributed by atoms with Crippen molar-refractivity contribution >= 4 is 17.3 Å². The maximum absolute atomic E-state index is 13.3. The number of rotatable bonds is 3. The van der Waals surface area contributed by atoms with Gasteiger partial charge in [-0.3, -0.25) is 4.79 Å². The molecule has 0 bridgehead atoms. The van der Waals surface area contributed by atoms with Gasteiger partial charge in [0.05, 0.1) is 0 Å². The van der Waals surface area contributed by atoms with Crippen molar-refractivity contribution < 1.29 is 13.6 Å². The lowest BCUT2D eigenvalue weighted by molar-refractivity contribution is 0.102. The van der Waals surface area contributed by atoms with Crippen LogP contribution in [0.1, 0.15) is 21.5 Å². The second kappa shape index (κ2) is 7.19. The largest absolute Gasteiger partial charge is 0.367 e. The van der Waals surface area contributed by atoms with Crippen molar-refractivity contribution in [3.8, 4) is 0 Å². The Morgan fingerprint density at radius 1 is 0.889 bits per heavy atom. The molecule has 0 saturated heterocycles. The van der Waals surface area contributed by atoms with Crippen LogP contribution < -0.4 is 10.2 Å². The molecule has 0 fully saturated rings. The number of nitrogens with one attached hydrogen (secondary N) is 1. The third kappa shape index (κ3) is 3.67. The fourth-order valence-corrected chi connectivity index (χ4v) is 3.31. The van der Waals surface area contributed by atoms with Gasteiger partial charge in [0.15, 0.2) is 11.6 Å². The van der Waals surface area contributed by atoms with Gasteiger partial charge in [-0.1, -0.05) is 24.3 Å². The van der Waals surface area contributed by atoms with Crippen molar-refractivity contribution in [3.63, 3.8) is 0 Å². The van der Waals surface area contributed by atoms with Crippen molar-refractivity contribution in [1.82, 2.24) is 0 Å². The fraction of sp³-hybridized carbons (Fsp3) is 0.136. The summed E-state index contributed by atoms with van der Waals surface area (Å²) in [5, 5.41) is 2.70. The molecular weight excluding hydrogens is 346 g/mol. The monoisotopic (exact) mass is 364 g/mol. The zero-order valence-electron chi connectivity index (χ0n) is 14.6. The summed E-state index contributed by atoms with van der Waals surface area (Å²) in [5.41, 5.74) is 4.48. The van der Waals surface area contributed by atoms with Crippen LogP contribution in [0.2, 0.25) is 0 Å². The first kappa shape index (κ1) is 17.2. The van der Waals surface area contributed by atoms with Crippen LogP contribution in [0.5, 0.6) is 0 Å². The van der Waals surface area contributed by atoms with Crippen molar-refractivity contribution in [1.29, 1.82) is 0 Å². The lowest BCUT2D eigenvalue weighted by Gasteiger charge is -2.30. The van der Waals surface area contributed by atoms with Crippen LogP contribution in [0.15, 0.2) is 66.7 Å². The Hall–Kier alpha value is -3.21. The lowest BCUT2D eigenvalue weighted by atomic mass is 9.99. The minimum atomic E-state index is -1.04. The summed E-state index contributed by atoms with van der Waals surface area (Å²) in [5.74, 6) is -2.49. The number of hydrogen-bond donors (Lipinski definition) is 1. The van der Waals surface area contributed by atoms with Gasteiger partial charge in [-0.05, 0) is 60.0 Å². The molecule has 0 atom stereocenters. The molecule has 0 aliphatic carbocycles. The molecule has 3 aromatic carbocycles. The number of hydrogen-bond acceptors (Lipinski definition) is 2. The maximum atomic E-state index is 13.3. The summed E-state index contributed by atoms with van der Waals surface area (Å²) >= 11 is 0. The summed E-state index contributed by atoms with van der Waals surface area (Å²) in [6.07, 6.45) is 1.00. The Balaban J connectivity index is 1.45. The zero-order valence-corrected chi connectivity index (χ0v) is 14.6. The predicted molar refractivity (Wildman–Crippen MR) is 102 cm³/mol. The molecule has 1 N–H and O–H groups in total. The first-order valence-corrected chi connectivity index (χ1v) is 8.78. The van der Waals surface area contributed by atoms with Crippen LogP contribution in [0, 0.1) is 11.6 Å². The van der Waals surface area contributed by atoms with Gasteiger partial charge in [0.25, 0.3) is 5.91 Å². The van der Waals surface area contributed by atoms with E-state index in [2.05, 4.69) is 34.5 Å². The van der Waals surface area contributed by atoms with Crippen molar-refractivity contribution in [2.75, 3.05) is 16.8 Å². The highest BCUT2D eigenvalue weighted by Crippen LogP contribution is 2.25. The summed E-state index contributed by atoms with van der Waals surface area (Å²) < 4.78 is 26.3. The van der Waals surface area contributed by atoms with Crippen LogP contribution in [0.25, 0.3) is 0 Å². The number of anilines is 2. The first-order chi connectivity index (χ1) is 13.1. The standard InChI is InChI=1S/C22H18F2N2O/c23-20-10-5-16(13-21(20)24)22(27)25-18-6-8-19(9-7-18)26-12-11-15-3-1-2-4-17(15)14-26/h1-10,13H,11-12,14H2,(H,25,27). The molecule has 1 amide bonds. The molecule has 0 radical (unpaired) electrons. The van der Waals surface area contributed by atoms with E-state index in [1.165, 1.54) is 17.2 Å². The Bertz CT molecular complexity index is 986. The van der Waals surface area contributed by atoms with Gasteiger partial charge >= 0.3 is 0 Å². The smallest absolute Gasteiger partial charge is 0.255 e. The molecule has 27 heavy (non-hydrogen) atoms. The predicted octanol–water partition coefficient (Wildman–Crippen LogP) is 4.78. The Kier molecular flexibility index (Phi) is 4.59. The topological polar surface area (TPSA) is 32.3 Å². The van der Waals surface area contributed by atoms with E-state index in [1.807, 2.05) is 24.3 Å². The number of carbonyl (C=O) groups excluding carboxylic acids is 1. The summed E-state index contributed by atoms with van der Waals surface area (Å²) in [6, 6.07) is 19.1. The van der Waals surface area contributed by atoms with Gasteiger partial charge in [0.2, 0.25) is 0 Å². The second-order valence-corrected chi connectivity index (χ2v) is 6.57. The van der Waals surface area contributed by atoms with Crippen molar-refractivity contribution in [2.45, 2.75) is 13.0 Å². The van der Waals surface area contributed by atoms with E-state index >= 15 is 0 Å². The van der Waals surface area contributed by atoms with E-state index in [4.69, 9.17) is 0 Å². The summed E-state index contributed by atoms with van der Waals surface area (Å²) in [6.45, 7) is 1.80. The van der Waals surface area contributed by atoms with Crippen LogP contribution in [-0.4, -0.2) is 12.5 Å². The minimum Gasteiger partial charge on any atom is -0.367 e. The van der Waals surface area contributed by atoms with E-state index in [9.17, 15) is 13.6 Å². The number of nitrogens with zero attached hydrogens (tertiary/aromatic N) is 1. The van der Waals surface area contributed by atoms with E-state index in [0.29, 0.717) is 5.69 Å². The number of benzene rings is 3. The minimum absolute atomic E-state index is 0.0746. The van der Waals surface area contributed by atoms with Crippen LogP contribution in [0.4, 0.5) is 20.2 Å². The highest BCUT2D eigenvalue weighted by molar-refractivity contribution is 6.04. The highest BCUT2D eigenvalue weighted by Gasteiger charge is 2.16. The molecule has 1 aliphatic heterocycles. The number of fused-ring (bicyclic) bond motifs is 1. The van der Waals surface area contributed by atoms with Crippen LogP contribution in [0.3, 0.4) is 0 Å². The third-order valence-electron chi connectivity index (χ3n) is 4.80. The van der Waals surface area contributed by atoms with Crippen molar-refractivity contribution in [2.24, 2.45) is 0 Å². The zero-order chi connectivity index (χ0) is 18.8. The van der Waals surface area contributed by atoms with Gasteiger partial charge in [-0.2, -0.15) is 0 Å². The fourth-order valence-electron chi connectivity index (χ4n) is 3.31. The highest BCUT2D eigenvalue weighted by atomic mass is 19.2. The second-order valence-electron chi connectivity index (χ2n) is 6.57. The van der Waals surface area contributed by atoms with Gasteiger partial charge in [-0.15, -0.1) is 0 Å². The average molecular weight is 364 g/mol. The van der Waals surface area contributed by atoms with Crippen molar-refractivity contribution in [3.05, 3.63) is 95.1 Å². The summed E-state index contributed by atoms with van der Waals surface area (Å²) in [7, 11) is 0. The van der Waals surface area contributed by atoms with Gasteiger partial charge < -0.3 is 10.2 Å². The molecule has 0 spiro atoms. The molecular formula is C22H18F2N2O. The molecule has 0 saturated carbocycles. The van der Waals surface area contributed by atoms with Gasteiger partial charge in [0, 0.05) is 30.0 Å². The molecule has 5 heteroatoms. The molecule has 1 aliphatic rings. The van der Waals surface area contributed by atoms with Crippen LogP contribution in [-0.2, 0) is 13.0 Å². The van der Waals surface area contributed by atoms with Gasteiger partial charge in [-0.25, -0.2) is 8.78 Å². The number of amides is 1. The first-order valence-electron chi connectivity index (χ1n) is 8.78. The van der Waals surface area contributed by atoms with E-state index in [0.717, 1.165) is 37.3 Å². The molecule has 4 rings (SSSR count). The van der Waals surface area contributed by atoms with E-state index in [1.54, 1.807) is 0 Å². The maximum Gasteiger partial charge on any atom is 0.255 e. The third-order valence-corrected chi connectivity index (χ3v) is 4.80. The Morgan fingerprint density at radius 2 is 1.63 bits per heavy atom. The lowest BCUT2D eigenvalue weighted by Crippen LogP contribution is -2.30. The molecule has 3 aromatic rings.